The molecule has 0 aromatic carbocycles. The summed E-state index contributed by atoms with van der Waals surface area (Å²) in [4.78, 5) is 2.42. The molecule has 1 aliphatic rings. The lowest BCUT2D eigenvalue weighted by Gasteiger charge is -2.37. The highest BCUT2D eigenvalue weighted by atomic mass is 16.5. The predicted molar refractivity (Wildman–Crippen MR) is 86.7 cm³/mol. The molecule has 1 fully saturated rings. The van der Waals surface area contributed by atoms with Crippen LogP contribution in [-0.4, -0.2) is 41.6 Å². The Morgan fingerprint density at radius 3 is 2.48 bits per heavy atom. The first kappa shape index (κ1) is 16.3. The molecule has 1 saturated heterocycles. The van der Waals surface area contributed by atoms with E-state index in [1.807, 2.05) is 11.7 Å². The van der Waals surface area contributed by atoms with E-state index in [2.05, 4.69) is 49.9 Å². The largest absolute Gasteiger partial charge is 0.372 e. The summed E-state index contributed by atoms with van der Waals surface area (Å²) in [6.07, 6.45) is 0.529. The molecule has 0 aliphatic carbocycles. The highest BCUT2D eigenvalue weighted by Gasteiger charge is 2.27. The Labute approximate surface area is 128 Å². The first-order chi connectivity index (χ1) is 9.88. The van der Waals surface area contributed by atoms with Crippen LogP contribution < -0.4 is 10.2 Å². The molecule has 5 nitrogen and oxygen atoms in total. The van der Waals surface area contributed by atoms with Gasteiger partial charge in [-0.1, -0.05) is 13.8 Å². The molecule has 1 aliphatic heterocycles. The minimum atomic E-state index is 0.264. The second kappa shape index (κ2) is 6.79. The van der Waals surface area contributed by atoms with Gasteiger partial charge in [0, 0.05) is 32.2 Å². The first-order valence-electron chi connectivity index (χ1n) is 8.02. The van der Waals surface area contributed by atoms with Gasteiger partial charge in [-0.05, 0) is 33.2 Å². The molecule has 2 heterocycles. The number of ether oxygens (including phenoxy) is 1. The molecule has 1 N–H and O–H groups in total. The van der Waals surface area contributed by atoms with Crippen molar-refractivity contribution >= 4 is 5.82 Å². The van der Waals surface area contributed by atoms with Gasteiger partial charge in [0.25, 0.3) is 0 Å². The zero-order chi connectivity index (χ0) is 15.6. The fraction of sp³-hybridized carbons (Fsp3) is 0.812. The monoisotopic (exact) mass is 294 g/mol. The molecule has 5 heteroatoms. The highest BCUT2D eigenvalue weighted by molar-refractivity contribution is 5.50. The molecule has 120 valence electrons. The lowest BCUT2D eigenvalue weighted by atomic mass is 10.1. The van der Waals surface area contributed by atoms with Crippen LogP contribution >= 0.6 is 0 Å². The second-order valence-electron chi connectivity index (χ2n) is 6.70. The third-order valence-electron chi connectivity index (χ3n) is 3.89. The van der Waals surface area contributed by atoms with Crippen molar-refractivity contribution in [2.75, 3.05) is 24.5 Å². The Bertz CT molecular complexity index is 459. The average molecular weight is 294 g/mol. The number of morpholine rings is 1. The molecule has 2 rings (SSSR count). The van der Waals surface area contributed by atoms with E-state index in [0.29, 0.717) is 5.92 Å². The second-order valence-corrected chi connectivity index (χ2v) is 6.70. The molecule has 0 bridgehead atoms. The molecular weight excluding hydrogens is 264 g/mol. The van der Waals surface area contributed by atoms with Gasteiger partial charge in [0.05, 0.1) is 17.9 Å². The summed E-state index contributed by atoms with van der Waals surface area (Å²) in [5, 5.41) is 8.17. The van der Waals surface area contributed by atoms with E-state index < -0.39 is 0 Å². The van der Waals surface area contributed by atoms with Crippen LogP contribution in [0.25, 0.3) is 0 Å². The Morgan fingerprint density at radius 2 is 1.90 bits per heavy atom. The van der Waals surface area contributed by atoms with Gasteiger partial charge in [-0.25, -0.2) is 0 Å². The van der Waals surface area contributed by atoms with Crippen LogP contribution in [-0.2, 0) is 18.3 Å². The van der Waals surface area contributed by atoms with E-state index in [0.717, 1.165) is 31.9 Å². The molecule has 0 amide bonds. The van der Waals surface area contributed by atoms with Gasteiger partial charge in [-0.15, -0.1) is 0 Å². The lowest BCUT2D eigenvalue weighted by molar-refractivity contribution is -0.00569. The molecule has 2 atom stereocenters. The topological polar surface area (TPSA) is 42.3 Å². The van der Waals surface area contributed by atoms with Crippen molar-refractivity contribution in [3.8, 4) is 0 Å². The maximum Gasteiger partial charge on any atom is 0.131 e. The molecule has 1 aromatic rings. The average Bonchev–Trinajstić information content (AvgIpc) is 2.62. The third kappa shape index (κ3) is 3.98. The maximum atomic E-state index is 5.85. The number of nitrogens with one attached hydrogen (secondary N) is 1. The van der Waals surface area contributed by atoms with E-state index >= 15 is 0 Å². The van der Waals surface area contributed by atoms with Crippen molar-refractivity contribution in [3.05, 3.63) is 11.3 Å². The Hall–Kier alpha value is -1.07. The fourth-order valence-corrected chi connectivity index (χ4v) is 3.13. The Kier molecular flexibility index (Phi) is 5.27. The summed E-state index contributed by atoms with van der Waals surface area (Å²) in [6, 6.07) is 0. The van der Waals surface area contributed by atoms with Crippen LogP contribution in [0.4, 0.5) is 5.82 Å². The molecule has 21 heavy (non-hydrogen) atoms. The zero-order valence-corrected chi connectivity index (χ0v) is 14.3. The van der Waals surface area contributed by atoms with Crippen molar-refractivity contribution in [3.63, 3.8) is 0 Å². The van der Waals surface area contributed by atoms with E-state index in [-0.39, 0.29) is 12.2 Å². The van der Waals surface area contributed by atoms with Crippen molar-refractivity contribution < 1.29 is 4.74 Å². The van der Waals surface area contributed by atoms with E-state index in [4.69, 9.17) is 4.74 Å². The van der Waals surface area contributed by atoms with Gasteiger partial charge in [-0.3, -0.25) is 4.68 Å². The number of nitrogens with zero attached hydrogens (tertiary/aromatic N) is 3. The van der Waals surface area contributed by atoms with Crippen LogP contribution in [0, 0.1) is 12.8 Å². The standard InChI is InChI=1S/C16H30N4O/c1-11(2)7-17-8-15-14(5)18-19(6)16(15)20-9-12(3)21-13(4)10-20/h11-13,17H,7-10H2,1-6H3/t12-,13+. The summed E-state index contributed by atoms with van der Waals surface area (Å²) in [7, 11) is 2.04. The molecular formula is C16H30N4O. The Balaban J connectivity index is 2.17. The summed E-state index contributed by atoms with van der Waals surface area (Å²) in [6.45, 7) is 14.6. The van der Waals surface area contributed by atoms with Crippen molar-refractivity contribution in [2.45, 2.75) is 53.4 Å². The summed E-state index contributed by atoms with van der Waals surface area (Å²) in [5.41, 5.74) is 2.44. The van der Waals surface area contributed by atoms with Gasteiger partial charge in [0.1, 0.15) is 5.82 Å². The fourth-order valence-electron chi connectivity index (χ4n) is 3.13. The van der Waals surface area contributed by atoms with Crippen LogP contribution in [0.3, 0.4) is 0 Å². The molecule has 0 spiro atoms. The van der Waals surface area contributed by atoms with Gasteiger partial charge in [0.15, 0.2) is 0 Å². The number of rotatable bonds is 5. The molecule has 0 unspecified atom stereocenters. The lowest BCUT2D eigenvalue weighted by Crippen LogP contribution is -2.46. The van der Waals surface area contributed by atoms with Crippen molar-refractivity contribution in [1.29, 1.82) is 0 Å². The smallest absolute Gasteiger partial charge is 0.131 e. The number of aryl methyl sites for hydroxylation is 2. The van der Waals surface area contributed by atoms with Crippen LogP contribution in [0.5, 0.6) is 0 Å². The van der Waals surface area contributed by atoms with E-state index in [9.17, 15) is 0 Å². The van der Waals surface area contributed by atoms with Crippen molar-refractivity contribution in [1.82, 2.24) is 15.1 Å². The normalized spacial score (nSPS) is 23.1. The van der Waals surface area contributed by atoms with Crippen LogP contribution in [0.1, 0.15) is 39.0 Å². The zero-order valence-electron chi connectivity index (χ0n) is 14.3. The highest BCUT2D eigenvalue weighted by Crippen LogP contribution is 2.26. The third-order valence-corrected chi connectivity index (χ3v) is 3.89. The van der Waals surface area contributed by atoms with Crippen LogP contribution in [0.15, 0.2) is 0 Å². The first-order valence-corrected chi connectivity index (χ1v) is 8.02. The predicted octanol–water partition coefficient (Wildman–Crippen LogP) is 2.09. The van der Waals surface area contributed by atoms with Gasteiger partial charge < -0.3 is 15.0 Å². The number of anilines is 1. The number of hydrogen-bond donors (Lipinski definition) is 1. The minimum absolute atomic E-state index is 0.264. The van der Waals surface area contributed by atoms with E-state index in [1.165, 1.54) is 11.4 Å². The quantitative estimate of drug-likeness (QED) is 0.903. The number of hydrogen-bond acceptors (Lipinski definition) is 4. The molecule has 0 saturated carbocycles. The van der Waals surface area contributed by atoms with Gasteiger partial charge in [0.2, 0.25) is 0 Å². The summed E-state index contributed by atoms with van der Waals surface area (Å²) in [5.74, 6) is 1.90. The molecule has 0 radical (unpaired) electrons. The summed E-state index contributed by atoms with van der Waals surface area (Å²) >= 11 is 0. The van der Waals surface area contributed by atoms with Gasteiger partial charge >= 0.3 is 0 Å². The van der Waals surface area contributed by atoms with E-state index in [1.54, 1.807) is 0 Å². The number of aromatic nitrogens is 2. The summed E-state index contributed by atoms with van der Waals surface area (Å²) < 4.78 is 7.87. The van der Waals surface area contributed by atoms with Crippen LogP contribution in [0.2, 0.25) is 0 Å². The minimum Gasteiger partial charge on any atom is -0.372 e. The molecule has 1 aromatic heterocycles. The maximum absolute atomic E-state index is 5.85. The SMILES string of the molecule is Cc1nn(C)c(N2C[C@@H](C)O[C@@H](C)C2)c1CNCC(C)C. The van der Waals surface area contributed by atoms with Gasteiger partial charge in [-0.2, -0.15) is 5.10 Å². The Morgan fingerprint density at radius 1 is 1.29 bits per heavy atom. The van der Waals surface area contributed by atoms with Crippen molar-refractivity contribution in [2.24, 2.45) is 13.0 Å².